The molecule has 0 saturated heterocycles. The molecule has 3 aromatic rings. The summed E-state index contributed by atoms with van der Waals surface area (Å²) in [7, 11) is 0. The van der Waals surface area contributed by atoms with Crippen LogP contribution >= 0.6 is 0 Å². The van der Waals surface area contributed by atoms with Gasteiger partial charge in [0.1, 0.15) is 6.20 Å². The van der Waals surface area contributed by atoms with Crippen LogP contribution in [0.4, 0.5) is 5.69 Å². The second-order valence-electron chi connectivity index (χ2n) is 5.85. The minimum atomic E-state index is -0.593. The maximum atomic E-state index is 12.4. The van der Waals surface area contributed by atoms with Crippen LogP contribution in [-0.2, 0) is 6.54 Å². The van der Waals surface area contributed by atoms with Crippen molar-refractivity contribution >= 4 is 11.6 Å². The van der Waals surface area contributed by atoms with Crippen molar-refractivity contribution in [3.05, 3.63) is 76.4 Å². The number of hydrogen-bond acceptors (Lipinski definition) is 4. The molecule has 8 heteroatoms. The summed E-state index contributed by atoms with van der Waals surface area (Å²) < 4.78 is 3.36. The van der Waals surface area contributed by atoms with Crippen molar-refractivity contribution in [3.63, 3.8) is 0 Å². The summed E-state index contributed by atoms with van der Waals surface area (Å²) in [6, 6.07) is 11.3. The first-order valence-electron chi connectivity index (χ1n) is 8.25. The summed E-state index contributed by atoms with van der Waals surface area (Å²) in [5, 5.41) is 17.9. The monoisotopic (exact) mass is 353 g/mol. The first-order chi connectivity index (χ1) is 12.5. The molecule has 1 aromatic carbocycles. The number of aromatic nitrogens is 3. The van der Waals surface area contributed by atoms with Gasteiger partial charge in [0.2, 0.25) is 5.69 Å². The lowest BCUT2D eigenvalue weighted by molar-refractivity contribution is -0.385. The normalized spacial score (nSPS) is 11.9. The third-order valence-electron chi connectivity index (χ3n) is 4.12. The number of nitrogens with zero attached hydrogens (tertiary/aromatic N) is 4. The van der Waals surface area contributed by atoms with Gasteiger partial charge in [0.05, 0.1) is 11.0 Å². The van der Waals surface area contributed by atoms with Crippen molar-refractivity contribution in [2.45, 2.75) is 26.4 Å². The third-order valence-corrected chi connectivity index (χ3v) is 4.12. The van der Waals surface area contributed by atoms with Crippen LogP contribution in [0.2, 0.25) is 0 Å². The molecule has 2 heterocycles. The molecule has 134 valence electrons. The Hall–Kier alpha value is -3.42. The van der Waals surface area contributed by atoms with E-state index in [0.717, 1.165) is 11.3 Å². The zero-order valence-electron chi connectivity index (χ0n) is 14.5. The minimum Gasteiger partial charge on any atom is -0.344 e. The van der Waals surface area contributed by atoms with Gasteiger partial charge in [-0.1, -0.05) is 12.1 Å². The van der Waals surface area contributed by atoms with E-state index in [9.17, 15) is 14.9 Å². The number of aryl methyl sites for hydroxylation is 1. The molecule has 0 saturated carbocycles. The summed E-state index contributed by atoms with van der Waals surface area (Å²) in [6.07, 6.45) is 5.16. The Morgan fingerprint density at radius 1 is 1.27 bits per heavy atom. The molecule has 0 aliphatic heterocycles. The second-order valence-corrected chi connectivity index (χ2v) is 5.85. The topological polar surface area (TPSA) is 95.0 Å². The molecule has 0 bridgehead atoms. The van der Waals surface area contributed by atoms with E-state index >= 15 is 0 Å². The molecule has 8 nitrogen and oxygen atoms in total. The SMILES string of the molecule is CCn1cc([N+](=O)[O-])c(C(=O)NC(C)c2ccc(-n3cccc3)cc2)n1. The van der Waals surface area contributed by atoms with E-state index in [1.54, 1.807) is 6.92 Å². The molecule has 2 aromatic heterocycles. The predicted molar refractivity (Wildman–Crippen MR) is 96.2 cm³/mol. The number of rotatable bonds is 6. The van der Waals surface area contributed by atoms with Crippen molar-refractivity contribution in [1.82, 2.24) is 19.7 Å². The molecular weight excluding hydrogens is 334 g/mol. The van der Waals surface area contributed by atoms with E-state index in [-0.39, 0.29) is 17.4 Å². The summed E-state index contributed by atoms with van der Waals surface area (Å²) in [5.41, 5.74) is 1.44. The summed E-state index contributed by atoms with van der Waals surface area (Å²) in [6.45, 7) is 4.07. The Kier molecular flexibility index (Phi) is 4.83. The van der Waals surface area contributed by atoms with E-state index in [2.05, 4.69) is 10.4 Å². The maximum Gasteiger partial charge on any atom is 0.320 e. The Bertz CT molecular complexity index is 913. The van der Waals surface area contributed by atoms with Crippen LogP contribution in [0.5, 0.6) is 0 Å². The molecule has 1 N–H and O–H groups in total. The highest BCUT2D eigenvalue weighted by molar-refractivity contribution is 5.96. The van der Waals surface area contributed by atoms with Gasteiger partial charge in [0.15, 0.2) is 0 Å². The minimum absolute atomic E-state index is 0.173. The number of nitro groups is 1. The summed E-state index contributed by atoms with van der Waals surface area (Å²) >= 11 is 0. The fourth-order valence-electron chi connectivity index (χ4n) is 2.66. The standard InChI is InChI=1S/C18H19N5O3/c1-3-22-12-16(23(25)26)17(20-22)18(24)19-13(2)14-6-8-15(9-7-14)21-10-4-5-11-21/h4-13H,3H2,1-2H3,(H,19,24). The zero-order valence-corrected chi connectivity index (χ0v) is 14.5. The molecule has 0 aliphatic carbocycles. The molecule has 1 unspecified atom stereocenters. The molecular formula is C18H19N5O3. The van der Waals surface area contributed by atoms with Gasteiger partial charge >= 0.3 is 5.69 Å². The van der Waals surface area contributed by atoms with Crippen molar-refractivity contribution in [2.75, 3.05) is 0 Å². The van der Waals surface area contributed by atoms with Crippen LogP contribution in [0.1, 0.15) is 35.9 Å². The average Bonchev–Trinajstić information content (AvgIpc) is 3.31. The van der Waals surface area contributed by atoms with Gasteiger partial charge in [-0.3, -0.25) is 19.6 Å². The van der Waals surface area contributed by atoms with Gasteiger partial charge in [-0.2, -0.15) is 5.10 Å². The highest BCUT2D eigenvalue weighted by Crippen LogP contribution is 2.20. The summed E-state index contributed by atoms with van der Waals surface area (Å²) in [5.74, 6) is -0.564. The van der Waals surface area contributed by atoms with Crippen LogP contribution in [0.3, 0.4) is 0 Å². The predicted octanol–water partition coefficient (Wildman–Crippen LogP) is 3.09. The second kappa shape index (κ2) is 7.22. The number of carbonyl (C=O) groups excluding carboxylic acids is 1. The van der Waals surface area contributed by atoms with Gasteiger partial charge in [0, 0.05) is 24.6 Å². The smallest absolute Gasteiger partial charge is 0.320 e. The number of benzene rings is 1. The Labute approximate surface area is 150 Å². The Balaban J connectivity index is 1.75. The van der Waals surface area contributed by atoms with Gasteiger partial charge in [-0.05, 0) is 43.7 Å². The molecule has 0 fully saturated rings. The van der Waals surface area contributed by atoms with Crippen LogP contribution < -0.4 is 5.32 Å². The first kappa shape index (κ1) is 17.4. The third kappa shape index (κ3) is 3.49. The van der Waals surface area contributed by atoms with Gasteiger partial charge < -0.3 is 9.88 Å². The van der Waals surface area contributed by atoms with Crippen LogP contribution in [0.25, 0.3) is 5.69 Å². The van der Waals surface area contributed by atoms with Crippen molar-refractivity contribution < 1.29 is 9.72 Å². The highest BCUT2D eigenvalue weighted by atomic mass is 16.6. The zero-order chi connectivity index (χ0) is 18.7. The Morgan fingerprint density at radius 2 is 1.92 bits per heavy atom. The first-order valence-corrected chi connectivity index (χ1v) is 8.25. The lowest BCUT2D eigenvalue weighted by Crippen LogP contribution is -2.27. The fraction of sp³-hybridized carbons (Fsp3) is 0.222. The number of carbonyl (C=O) groups is 1. The van der Waals surface area contributed by atoms with E-state index in [4.69, 9.17) is 0 Å². The van der Waals surface area contributed by atoms with Crippen molar-refractivity contribution in [2.24, 2.45) is 0 Å². The fourth-order valence-corrected chi connectivity index (χ4v) is 2.66. The molecule has 0 aliphatic rings. The Morgan fingerprint density at radius 3 is 2.50 bits per heavy atom. The molecule has 0 spiro atoms. The summed E-state index contributed by atoms with van der Waals surface area (Å²) in [4.78, 5) is 23.0. The van der Waals surface area contributed by atoms with E-state index in [0.29, 0.717) is 6.54 Å². The molecule has 0 radical (unpaired) electrons. The molecule has 1 atom stereocenters. The van der Waals surface area contributed by atoms with Gasteiger partial charge in [-0.15, -0.1) is 0 Å². The van der Waals surface area contributed by atoms with Crippen LogP contribution in [-0.4, -0.2) is 25.2 Å². The maximum absolute atomic E-state index is 12.4. The van der Waals surface area contributed by atoms with Crippen LogP contribution in [0, 0.1) is 10.1 Å². The highest BCUT2D eigenvalue weighted by Gasteiger charge is 2.26. The largest absolute Gasteiger partial charge is 0.344 e. The van der Waals surface area contributed by atoms with E-state index in [1.807, 2.05) is 60.3 Å². The quantitative estimate of drug-likeness (QED) is 0.544. The number of hydrogen-bond donors (Lipinski definition) is 1. The van der Waals surface area contributed by atoms with Crippen molar-refractivity contribution in [1.29, 1.82) is 0 Å². The van der Waals surface area contributed by atoms with Gasteiger partial charge in [0.25, 0.3) is 5.91 Å². The lowest BCUT2D eigenvalue weighted by atomic mass is 10.1. The van der Waals surface area contributed by atoms with Gasteiger partial charge in [-0.25, -0.2) is 0 Å². The van der Waals surface area contributed by atoms with Crippen molar-refractivity contribution in [3.8, 4) is 5.69 Å². The van der Waals surface area contributed by atoms with E-state index in [1.165, 1.54) is 10.9 Å². The molecule has 1 amide bonds. The average molecular weight is 353 g/mol. The van der Waals surface area contributed by atoms with Crippen LogP contribution in [0.15, 0.2) is 55.0 Å². The number of amides is 1. The lowest BCUT2D eigenvalue weighted by Gasteiger charge is -2.14. The molecule has 3 rings (SSSR count). The molecule has 26 heavy (non-hydrogen) atoms. The van der Waals surface area contributed by atoms with E-state index < -0.39 is 10.8 Å². The number of nitrogens with one attached hydrogen (secondary N) is 1.